The minimum Gasteiger partial charge on any atom is -0.382 e. The van der Waals surface area contributed by atoms with Crippen LogP contribution in [0.4, 0.5) is 0 Å². The molecule has 0 fully saturated rings. The van der Waals surface area contributed by atoms with Gasteiger partial charge in [0, 0.05) is 48.9 Å². The number of hydrogen-bond acceptors (Lipinski definition) is 13. The van der Waals surface area contributed by atoms with Crippen molar-refractivity contribution >= 4 is 64.0 Å². The number of aryl methyl sites for hydroxylation is 2. The maximum atomic E-state index is 9.58. The number of pyridine rings is 4. The van der Waals surface area contributed by atoms with Gasteiger partial charge in [0.2, 0.25) is 5.91 Å². The fourth-order valence-corrected chi connectivity index (χ4v) is 4.40. The number of nitrogens with two attached hydrogens (primary N) is 2. The van der Waals surface area contributed by atoms with Crippen LogP contribution in [0.1, 0.15) is 85.9 Å². The van der Waals surface area contributed by atoms with Gasteiger partial charge in [-0.3, -0.25) is 45.4 Å². The van der Waals surface area contributed by atoms with Crippen LogP contribution < -0.4 is 17.0 Å². The molecule has 0 spiro atoms. The second-order valence-electron chi connectivity index (χ2n) is 13.0. The zero-order chi connectivity index (χ0) is 44.6. The predicted octanol–water partition coefficient (Wildman–Crippen LogP) is 9.58. The van der Waals surface area contributed by atoms with Crippen molar-refractivity contribution in [2.24, 2.45) is 21.6 Å². The average Bonchev–Trinajstić information content (AvgIpc) is 3.98. The first-order valence-corrected chi connectivity index (χ1v) is 19.3. The molecular weight excluding hydrogens is 1490 g/mol. The molecule has 6 N–H and O–H groups in total. The molecule has 1 aliphatic rings. The number of aliphatic imine (C=N–C) groups is 2. The Bertz CT molecular complexity index is 2230. The number of amidine groups is 2. The van der Waals surface area contributed by atoms with Crippen molar-refractivity contribution in [3.05, 3.63) is 160 Å². The van der Waals surface area contributed by atoms with Crippen LogP contribution in [-0.4, -0.2) is 79.3 Å². The third kappa shape index (κ3) is 32.5. The first kappa shape index (κ1) is 81.9. The third-order valence-electron chi connectivity index (χ3n) is 6.91. The molecule has 6 aromatic heterocycles. The Kier molecular flexibility index (Phi) is 53.6. The van der Waals surface area contributed by atoms with Crippen LogP contribution in [0.15, 0.2) is 108 Å². The van der Waals surface area contributed by atoms with E-state index in [0.717, 1.165) is 58.2 Å². The number of carbonyl (C=O) groups is 1. The zero-order valence-electron chi connectivity index (χ0n) is 40.8. The molecular formula is C46H69BrCl2N16OW3. The molecule has 0 aliphatic carbocycles. The van der Waals surface area contributed by atoms with Crippen molar-refractivity contribution in [1.29, 1.82) is 5.41 Å². The van der Waals surface area contributed by atoms with E-state index in [1.54, 1.807) is 43.0 Å². The Labute approximate surface area is 475 Å². The molecule has 23 heteroatoms. The van der Waals surface area contributed by atoms with Crippen LogP contribution in [-0.2, 0) is 68.0 Å². The average molecular weight is 1560 g/mol. The Morgan fingerprint density at radius 3 is 1.43 bits per heavy atom. The number of nitrogen functional groups attached to an aromatic ring is 1. The number of hydrogen-bond donors (Lipinski definition) is 4. The van der Waals surface area contributed by atoms with Crippen LogP contribution in [0, 0.1) is 58.4 Å². The van der Waals surface area contributed by atoms with Crippen molar-refractivity contribution < 1.29 is 68.0 Å². The van der Waals surface area contributed by atoms with Crippen molar-refractivity contribution in [2.45, 2.75) is 76.7 Å². The van der Waals surface area contributed by atoms with Gasteiger partial charge in [0.15, 0.2) is 11.7 Å². The molecule has 0 aromatic carbocycles. The normalized spacial score (nSPS) is 9.41. The summed E-state index contributed by atoms with van der Waals surface area (Å²) in [6, 6.07) is 24.7. The molecule has 69 heavy (non-hydrogen) atoms. The summed E-state index contributed by atoms with van der Waals surface area (Å²) in [5.74, 6) is 8.24. The van der Waals surface area contributed by atoms with Gasteiger partial charge >= 0.3 is 63.2 Å². The van der Waals surface area contributed by atoms with Gasteiger partial charge < -0.3 is 63.3 Å². The summed E-state index contributed by atoms with van der Waals surface area (Å²) in [7, 11) is 0. The van der Waals surface area contributed by atoms with E-state index in [-0.39, 0.29) is 129 Å². The van der Waals surface area contributed by atoms with Gasteiger partial charge in [0.1, 0.15) is 28.7 Å². The number of halogens is 3. The molecule has 0 atom stereocenters. The summed E-state index contributed by atoms with van der Waals surface area (Å²) in [5.41, 5.74) is 11.1. The van der Waals surface area contributed by atoms with Gasteiger partial charge in [0.05, 0.1) is 6.54 Å². The van der Waals surface area contributed by atoms with Crippen molar-refractivity contribution in [1.82, 2.24) is 54.9 Å². The van der Waals surface area contributed by atoms with E-state index in [1.807, 2.05) is 132 Å². The second kappa shape index (κ2) is 45.1. The van der Waals surface area contributed by atoms with Crippen LogP contribution in [0.5, 0.6) is 0 Å². The molecule has 6 aromatic rings. The summed E-state index contributed by atoms with van der Waals surface area (Å²) >= 11 is 3.19. The fourth-order valence-electron chi connectivity index (χ4n) is 4.40. The van der Waals surface area contributed by atoms with Gasteiger partial charge in [-0.15, -0.1) is 36.9 Å². The van der Waals surface area contributed by atoms with Crippen LogP contribution in [0.2, 0.25) is 0 Å². The molecule has 1 amide bonds. The number of nitrogens with zero attached hydrogens (tertiary/aromatic N) is 12. The Morgan fingerprint density at radius 1 is 0.696 bits per heavy atom. The quantitative estimate of drug-likeness (QED) is 0.0306. The van der Waals surface area contributed by atoms with Gasteiger partial charge in [-0.05, 0) is 62.1 Å². The van der Waals surface area contributed by atoms with Crippen LogP contribution >= 0.6 is 40.7 Å². The molecule has 0 unspecified atom stereocenters. The van der Waals surface area contributed by atoms with Gasteiger partial charge in [0.25, 0.3) is 0 Å². The first-order valence-electron chi connectivity index (χ1n) is 18.5. The monoisotopic (exact) mass is 1560 g/mol. The molecule has 7 heterocycles. The fraction of sp³-hybridized carbons (Fsp3) is 0.261. The summed E-state index contributed by atoms with van der Waals surface area (Å²) in [5, 5.41) is 15.7. The topological polar surface area (TPSA) is 243 Å². The Balaban J connectivity index is -0.000000110. The number of rotatable bonds is 6. The number of amides is 1. The molecule has 0 bridgehead atoms. The number of nitrogens with one attached hydrogen (secondary N) is 2. The van der Waals surface area contributed by atoms with E-state index in [9.17, 15) is 4.79 Å². The SMILES string of the molecule is C.CC(=O)NN.CC1=NC(c2ccccn2)=NC1.C[C-](C)Br.Cc1nc(-c2ccccn2)n([C-](C)C)n1.Cc1nc(-c2ccccn2)nn1[C-](C)C.Cl.Cl.N=C(N)c1ccccn1.[CH3-].[CH3-].[CH3-].[W+2].[W+2].[W+2]. The van der Waals surface area contributed by atoms with Crippen LogP contribution in [0.25, 0.3) is 23.0 Å². The molecule has 0 saturated carbocycles. The Morgan fingerprint density at radius 2 is 1.12 bits per heavy atom. The van der Waals surface area contributed by atoms with Crippen molar-refractivity contribution in [3.8, 4) is 23.0 Å². The smallest absolute Gasteiger partial charge is 0.382 e. The third-order valence-corrected chi connectivity index (χ3v) is 6.91. The molecule has 378 valence electrons. The molecule has 0 radical (unpaired) electrons. The van der Waals surface area contributed by atoms with E-state index in [4.69, 9.17) is 11.1 Å². The number of aromatic nitrogens is 10. The van der Waals surface area contributed by atoms with Gasteiger partial charge in [-0.25, -0.2) is 10.8 Å². The summed E-state index contributed by atoms with van der Waals surface area (Å²) in [6.45, 7) is 19.9. The minimum absolute atomic E-state index is 0. The van der Waals surface area contributed by atoms with Gasteiger partial charge in [-0.1, -0.05) is 72.4 Å². The maximum absolute atomic E-state index is 9.58. The summed E-state index contributed by atoms with van der Waals surface area (Å²) < 4.78 is 3.64. The van der Waals surface area contributed by atoms with Crippen LogP contribution in [0.3, 0.4) is 0 Å². The zero-order valence-corrected chi connectivity index (χ0v) is 52.8. The molecule has 1 aliphatic heterocycles. The van der Waals surface area contributed by atoms with E-state index in [2.05, 4.69) is 71.9 Å². The molecule has 7 rings (SSSR count). The maximum Gasteiger partial charge on any atom is 2.00 e. The first-order chi connectivity index (χ1) is 28.5. The van der Waals surface area contributed by atoms with E-state index < -0.39 is 0 Å². The van der Waals surface area contributed by atoms with Crippen molar-refractivity contribution in [2.75, 3.05) is 6.54 Å². The molecule has 0 saturated heterocycles. The number of carbonyl (C=O) groups excluding carboxylic acids is 1. The van der Waals surface area contributed by atoms with E-state index in [1.165, 1.54) is 11.8 Å². The second-order valence-corrected chi connectivity index (χ2v) is 14.6. The molecule has 17 nitrogen and oxygen atoms in total. The minimum atomic E-state index is -0.218. The van der Waals surface area contributed by atoms with E-state index in [0.29, 0.717) is 18.1 Å². The largest absolute Gasteiger partial charge is 2.00 e. The van der Waals surface area contributed by atoms with Gasteiger partial charge in [-0.2, -0.15) is 24.0 Å². The summed E-state index contributed by atoms with van der Waals surface area (Å²) in [6.07, 6.45) is 6.86. The Hall–Kier alpha value is -4.02. The van der Waals surface area contributed by atoms with Crippen molar-refractivity contribution in [3.63, 3.8) is 0 Å². The predicted molar refractivity (Wildman–Crippen MR) is 282 cm³/mol. The van der Waals surface area contributed by atoms with E-state index >= 15 is 0 Å². The standard InChI is InChI=1S/2C11H13N4.C9H9N3.C6H7N3.C3H6Br.C2H6N2O.CH4.3CH3.2ClH.3W/c1-8(2)15-9(3)13-11(14-15)10-6-4-5-7-12-10;1-8(2)15-11(13-9(3)14-15)10-6-4-5-7-12-10;1-7-6-11-9(12-7)8-4-2-3-5-10-8;7-6(8)5-3-1-2-4-9-5;1-3(2)4;1-2(5)4-3;;;;;;;;;/h2*4-7H,1-3H3;2-5H,6H2,1H3;1-4H,(H3,7,8);1-2H3;3H2,1H3,(H,4,5);1H4;3*1H3;2*1H;;;/q2*-1;;;-1;;;3*-1;;;3*+2. The number of hydrazine groups is 1. The summed E-state index contributed by atoms with van der Waals surface area (Å²) in [4.78, 5) is 44.5.